The molecule has 1 aliphatic rings. The Bertz CT molecular complexity index is 877. The molecule has 5 heteroatoms. The van der Waals surface area contributed by atoms with Gasteiger partial charge in [-0.15, -0.1) is 12.4 Å². The molecule has 33 heavy (non-hydrogen) atoms. The number of aromatic nitrogens is 2. The number of hydrogen-bond acceptors (Lipinski definition) is 2. The molecule has 0 spiro atoms. The maximum atomic E-state index is 6.05. The van der Waals surface area contributed by atoms with Gasteiger partial charge in [0.15, 0.2) is 0 Å². The molecule has 0 aliphatic carbocycles. The fourth-order valence-corrected chi connectivity index (χ4v) is 4.05. The second-order valence-corrected chi connectivity index (χ2v) is 8.84. The van der Waals surface area contributed by atoms with E-state index in [0.717, 1.165) is 54.4 Å². The van der Waals surface area contributed by atoms with E-state index in [-0.39, 0.29) is 12.4 Å². The highest BCUT2D eigenvalue weighted by Crippen LogP contribution is 2.25. The van der Waals surface area contributed by atoms with Crippen LogP contribution in [0.25, 0.3) is 6.08 Å². The number of aryl methyl sites for hydroxylation is 1. The second-order valence-electron chi connectivity index (χ2n) is 8.84. The minimum atomic E-state index is 0. The summed E-state index contributed by atoms with van der Waals surface area (Å²) in [7, 11) is 0. The lowest BCUT2D eigenvalue weighted by molar-refractivity contribution is 0.216. The van der Waals surface area contributed by atoms with Crippen molar-refractivity contribution >= 4 is 24.2 Å². The molecule has 0 saturated carbocycles. The fraction of sp³-hybridized carbons (Fsp3) is 0.536. The Balaban J connectivity index is 0.00000385. The third-order valence-corrected chi connectivity index (χ3v) is 6.00. The van der Waals surface area contributed by atoms with Gasteiger partial charge in [0.25, 0.3) is 0 Å². The summed E-state index contributed by atoms with van der Waals surface area (Å²) in [4.78, 5) is 11.6. The number of nitrogens with one attached hydrogen (secondary N) is 2. The lowest BCUT2D eigenvalue weighted by Gasteiger charge is -2.06. The van der Waals surface area contributed by atoms with Gasteiger partial charge in [-0.25, -0.2) is 4.99 Å². The SMILES string of the molecule is CCCCCCCCCCCc1ccc(C=C2N=C(c3ccc[nH]3)C=C2OCCCC)[nH]1.Cl. The van der Waals surface area contributed by atoms with Crippen molar-refractivity contribution in [3.63, 3.8) is 0 Å². The quantitative estimate of drug-likeness (QED) is 0.237. The molecule has 0 aromatic carbocycles. The van der Waals surface area contributed by atoms with E-state index in [1.807, 2.05) is 24.4 Å². The predicted octanol–water partition coefficient (Wildman–Crippen LogP) is 8.38. The van der Waals surface area contributed by atoms with Gasteiger partial charge in [-0.05, 0) is 49.6 Å². The summed E-state index contributed by atoms with van der Waals surface area (Å²) in [5.41, 5.74) is 5.23. The van der Waals surface area contributed by atoms with Crippen molar-refractivity contribution in [2.24, 2.45) is 4.99 Å². The van der Waals surface area contributed by atoms with E-state index in [0.29, 0.717) is 0 Å². The van der Waals surface area contributed by atoms with Crippen LogP contribution in [0.15, 0.2) is 53.0 Å². The van der Waals surface area contributed by atoms with Gasteiger partial charge in [0.05, 0.1) is 18.0 Å². The van der Waals surface area contributed by atoms with Gasteiger partial charge in [-0.3, -0.25) is 0 Å². The Morgan fingerprint density at radius 2 is 1.61 bits per heavy atom. The zero-order valence-electron chi connectivity index (χ0n) is 20.5. The molecule has 0 bridgehead atoms. The first kappa shape index (κ1) is 27.0. The number of nitrogens with zero attached hydrogens (tertiary/aromatic N) is 1. The summed E-state index contributed by atoms with van der Waals surface area (Å²) in [5, 5.41) is 0. The average molecular weight is 472 g/mol. The molecule has 2 aromatic heterocycles. The summed E-state index contributed by atoms with van der Waals surface area (Å²) in [6.07, 6.45) is 21.6. The molecule has 0 atom stereocenters. The number of allylic oxidation sites excluding steroid dienone is 1. The first-order valence-corrected chi connectivity index (χ1v) is 12.8. The minimum absolute atomic E-state index is 0. The summed E-state index contributed by atoms with van der Waals surface area (Å²) in [5.74, 6) is 0.859. The van der Waals surface area contributed by atoms with Crippen molar-refractivity contribution in [2.45, 2.75) is 90.9 Å². The van der Waals surface area contributed by atoms with Crippen LogP contribution in [0, 0.1) is 0 Å². The van der Waals surface area contributed by atoms with E-state index in [9.17, 15) is 0 Å². The number of H-pyrrole nitrogens is 2. The Hall–Kier alpha value is -2.20. The fourth-order valence-electron chi connectivity index (χ4n) is 4.05. The van der Waals surface area contributed by atoms with E-state index in [4.69, 9.17) is 9.73 Å². The van der Waals surface area contributed by atoms with E-state index in [1.165, 1.54) is 63.5 Å². The van der Waals surface area contributed by atoms with Crippen LogP contribution in [-0.2, 0) is 11.2 Å². The third kappa shape index (κ3) is 9.29. The molecule has 182 valence electrons. The normalized spacial score (nSPS) is 14.3. The smallest absolute Gasteiger partial charge is 0.147 e. The van der Waals surface area contributed by atoms with Gasteiger partial charge in [0, 0.05) is 23.7 Å². The summed E-state index contributed by atoms with van der Waals surface area (Å²) in [6, 6.07) is 8.40. The molecule has 0 fully saturated rings. The Labute approximate surface area is 206 Å². The zero-order valence-corrected chi connectivity index (χ0v) is 21.3. The number of unbranched alkanes of at least 4 members (excludes halogenated alkanes) is 9. The summed E-state index contributed by atoms with van der Waals surface area (Å²) in [6.45, 7) is 5.18. The Morgan fingerprint density at radius 3 is 2.30 bits per heavy atom. The molecule has 2 aromatic rings. The standard InChI is InChI=1S/C28H41N3O.ClH/c1-3-5-7-8-9-10-11-12-13-15-23-17-18-24(30-23)21-27-28(32-20-6-4-2)22-26(31-27)25-16-14-19-29-25;/h14,16-19,21-22,29-30H,3-13,15,20H2,1-2H3;1H. The van der Waals surface area contributed by atoms with Crippen LogP contribution < -0.4 is 0 Å². The molecule has 2 N–H and O–H groups in total. The first-order chi connectivity index (χ1) is 15.8. The second kappa shape index (κ2) is 15.6. The Morgan fingerprint density at radius 1 is 0.879 bits per heavy atom. The van der Waals surface area contributed by atoms with Gasteiger partial charge in [-0.2, -0.15) is 0 Å². The van der Waals surface area contributed by atoms with Crippen LogP contribution in [-0.4, -0.2) is 22.3 Å². The van der Waals surface area contributed by atoms with E-state index in [2.05, 4.69) is 42.0 Å². The van der Waals surface area contributed by atoms with Gasteiger partial charge < -0.3 is 14.7 Å². The number of rotatable bonds is 16. The molecule has 3 rings (SSSR count). The molecule has 0 radical (unpaired) electrons. The van der Waals surface area contributed by atoms with Crippen LogP contribution in [0.3, 0.4) is 0 Å². The topological polar surface area (TPSA) is 53.2 Å². The van der Waals surface area contributed by atoms with Crippen molar-refractivity contribution in [1.29, 1.82) is 0 Å². The monoisotopic (exact) mass is 471 g/mol. The number of aliphatic imine (C=N–C) groups is 1. The predicted molar refractivity (Wildman–Crippen MR) is 143 cm³/mol. The van der Waals surface area contributed by atoms with Crippen molar-refractivity contribution in [3.05, 3.63) is 65.1 Å². The van der Waals surface area contributed by atoms with Gasteiger partial charge in [-0.1, -0.05) is 71.6 Å². The van der Waals surface area contributed by atoms with Gasteiger partial charge in [0.2, 0.25) is 0 Å². The number of ether oxygens (including phenoxy) is 1. The first-order valence-electron chi connectivity index (χ1n) is 12.8. The molecular formula is C28H42ClN3O. The van der Waals surface area contributed by atoms with Gasteiger partial charge in [0.1, 0.15) is 11.5 Å². The lowest BCUT2D eigenvalue weighted by atomic mass is 10.1. The highest BCUT2D eigenvalue weighted by atomic mass is 35.5. The third-order valence-electron chi connectivity index (χ3n) is 6.00. The zero-order chi connectivity index (χ0) is 22.4. The van der Waals surface area contributed by atoms with Crippen molar-refractivity contribution in [3.8, 4) is 0 Å². The lowest BCUT2D eigenvalue weighted by Crippen LogP contribution is -1.96. The minimum Gasteiger partial charge on any atom is -0.491 e. The van der Waals surface area contributed by atoms with Crippen LogP contribution in [0.1, 0.15) is 102 Å². The summed E-state index contributed by atoms with van der Waals surface area (Å²) < 4.78 is 6.05. The largest absolute Gasteiger partial charge is 0.491 e. The van der Waals surface area contributed by atoms with E-state index < -0.39 is 0 Å². The highest BCUT2D eigenvalue weighted by molar-refractivity contribution is 6.11. The van der Waals surface area contributed by atoms with Crippen LogP contribution in [0.5, 0.6) is 0 Å². The van der Waals surface area contributed by atoms with E-state index in [1.54, 1.807) is 0 Å². The Kier molecular flexibility index (Phi) is 12.8. The molecule has 0 saturated heterocycles. The molecular weight excluding hydrogens is 430 g/mol. The molecule has 1 aliphatic heterocycles. The number of hydrogen-bond donors (Lipinski definition) is 2. The maximum Gasteiger partial charge on any atom is 0.147 e. The molecule has 0 amide bonds. The van der Waals surface area contributed by atoms with Crippen molar-refractivity contribution < 1.29 is 4.74 Å². The maximum absolute atomic E-state index is 6.05. The molecule has 0 unspecified atom stereocenters. The molecule has 4 nitrogen and oxygen atoms in total. The average Bonchev–Trinajstić information content (AvgIpc) is 3.55. The van der Waals surface area contributed by atoms with E-state index >= 15 is 0 Å². The highest BCUT2D eigenvalue weighted by Gasteiger charge is 2.18. The van der Waals surface area contributed by atoms with Crippen LogP contribution >= 0.6 is 12.4 Å². The van der Waals surface area contributed by atoms with Crippen LogP contribution in [0.2, 0.25) is 0 Å². The molecule has 3 heterocycles. The van der Waals surface area contributed by atoms with Crippen LogP contribution in [0.4, 0.5) is 0 Å². The van der Waals surface area contributed by atoms with Crippen molar-refractivity contribution in [2.75, 3.05) is 6.61 Å². The van der Waals surface area contributed by atoms with Crippen molar-refractivity contribution in [1.82, 2.24) is 9.97 Å². The number of halogens is 1. The van der Waals surface area contributed by atoms with Gasteiger partial charge >= 0.3 is 0 Å². The summed E-state index contributed by atoms with van der Waals surface area (Å²) >= 11 is 0. The number of aromatic amines is 2.